The molecule has 2 heteroatoms. The molecule has 0 aromatic carbocycles. The van der Waals surface area contributed by atoms with Crippen molar-refractivity contribution in [1.82, 2.24) is 10.6 Å². The minimum atomic E-state index is 0.803. The Kier molecular flexibility index (Phi) is 2.30. The third kappa shape index (κ3) is 1.80. The van der Waals surface area contributed by atoms with Gasteiger partial charge in [-0.15, -0.1) is 0 Å². The Labute approximate surface area is 50.7 Å². The van der Waals surface area contributed by atoms with Crippen LogP contribution in [-0.2, 0) is 0 Å². The summed E-state index contributed by atoms with van der Waals surface area (Å²) in [4.78, 5) is 0. The van der Waals surface area contributed by atoms with Gasteiger partial charge in [-0.05, 0) is 19.0 Å². The molecule has 0 aromatic rings. The van der Waals surface area contributed by atoms with E-state index in [-0.39, 0.29) is 0 Å². The lowest BCUT2D eigenvalue weighted by molar-refractivity contribution is 0.545. The molecule has 1 heterocycles. The van der Waals surface area contributed by atoms with Crippen molar-refractivity contribution in [2.75, 3.05) is 26.2 Å². The maximum atomic E-state index is 3.33. The summed E-state index contributed by atoms with van der Waals surface area (Å²) in [7, 11) is 0. The molecule has 1 fully saturated rings. The molecule has 1 aliphatic heterocycles. The summed E-state index contributed by atoms with van der Waals surface area (Å²) >= 11 is 0. The van der Waals surface area contributed by atoms with Crippen molar-refractivity contribution in [3.05, 3.63) is 0 Å². The molecule has 1 rings (SSSR count). The second-order valence-corrected chi connectivity index (χ2v) is 2.51. The van der Waals surface area contributed by atoms with Gasteiger partial charge in [-0.25, -0.2) is 0 Å². The van der Waals surface area contributed by atoms with Gasteiger partial charge in [-0.1, -0.05) is 6.92 Å². The lowest BCUT2D eigenvalue weighted by atomic mass is 10.2. The molecule has 0 bridgehead atoms. The van der Waals surface area contributed by atoms with Gasteiger partial charge in [0.25, 0.3) is 0 Å². The van der Waals surface area contributed by atoms with Crippen LogP contribution in [0.2, 0.25) is 0 Å². The molecule has 8 heavy (non-hydrogen) atoms. The van der Waals surface area contributed by atoms with Crippen LogP contribution in [0.5, 0.6) is 0 Å². The van der Waals surface area contributed by atoms with E-state index in [1.807, 2.05) is 0 Å². The summed E-state index contributed by atoms with van der Waals surface area (Å²) in [6.07, 6.45) is 0. The highest BCUT2D eigenvalue weighted by atomic mass is 15.0. The van der Waals surface area contributed by atoms with Gasteiger partial charge in [-0.2, -0.15) is 0 Å². The van der Waals surface area contributed by atoms with E-state index in [4.69, 9.17) is 0 Å². The van der Waals surface area contributed by atoms with Gasteiger partial charge >= 0.3 is 0 Å². The lowest BCUT2D eigenvalue weighted by Crippen LogP contribution is -2.21. The highest BCUT2D eigenvalue weighted by Gasteiger charge is 2.03. The topological polar surface area (TPSA) is 24.1 Å². The fourth-order valence-corrected chi connectivity index (χ4v) is 0.946. The van der Waals surface area contributed by atoms with Crippen molar-refractivity contribution in [3.8, 4) is 0 Å². The van der Waals surface area contributed by atoms with E-state index in [0.717, 1.165) is 19.0 Å². The maximum Gasteiger partial charge on any atom is 0.00768 e. The van der Waals surface area contributed by atoms with Crippen molar-refractivity contribution in [2.24, 2.45) is 5.92 Å². The quantitative estimate of drug-likeness (QED) is 0.456. The van der Waals surface area contributed by atoms with E-state index in [9.17, 15) is 0 Å². The van der Waals surface area contributed by atoms with Crippen LogP contribution >= 0.6 is 0 Å². The Balaban J connectivity index is 2.17. The first-order valence-electron chi connectivity index (χ1n) is 3.31. The fraction of sp³-hybridized carbons (Fsp3) is 1.00. The van der Waals surface area contributed by atoms with Gasteiger partial charge in [0.1, 0.15) is 0 Å². The molecule has 0 radical (unpaired) electrons. The summed E-state index contributed by atoms with van der Waals surface area (Å²) in [6, 6.07) is 0. The van der Waals surface area contributed by atoms with Crippen LogP contribution in [0.3, 0.4) is 0 Å². The molecule has 2 nitrogen and oxygen atoms in total. The van der Waals surface area contributed by atoms with Crippen LogP contribution in [0.25, 0.3) is 0 Å². The standard InChI is InChI=1S/C6H14N2/c1-6-4-7-2-3-8-5-6/h6-8H,2-5H2,1H3. The minimum Gasteiger partial charge on any atom is -0.315 e. The van der Waals surface area contributed by atoms with Gasteiger partial charge in [0.15, 0.2) is 0 Å². The fourth-order valence-electron chi connectivity index (χ4n) is 0.946. The lowest BCUT2D eigenvalue weighted by Gasteiger charge is -2.04. The van der Waals surface area contributed by atoms with E-state index in [1.165, 1.54) is 13.1 Å². The molecular weight excluding hydrogens is 100 g/mol. The predicted octanol–water partition coefficient (Wildman–Crippen LogP) is -0.185. The van der Waals surface area contributed by atoms with E-state index in [2.05, 4.69) is 17.6 Å². The van der Waals surface area contributed by atoms with Crippen LogP contribution in [0.15, 0.2) is 0 Å². The number of rotatable bonds is 0. The van der Waals surface area contributed by atoms with Crippen molar-refractivity contribution in [2.45, 2.75) is 6.92 Å². The Morgan fingerprint density at radius 3 is 2.12 bits per heavy atom. The average molecular weight is 114 g/mol. The van der Waals surface area contributed by atoms with Crippen molar-refractivity contribution < 1.29 is 0 Å². The second kappa shape index (κ2) is 3.05. The molecular formula is C6H14N2. The van der Waals surface area contributed by atoms with Crippen LogP contribution in [0, 0.1) is 5.92 Å². The normalized spacial score (nSPS) is 25.1. The first-order valence-corrected chi connectivity index (χ1v) is 3.31. The van der Waals surface area contributed by atoms with Crippen LogP contribution in [-0.4, -0.2) is 26.2 Å². The van der Waals surface area contributed by atoms with Gasteiger partial charge in [0.2, 0.25) is 0 Å². The van der Waals surface area contributed by atoms with E-state index in [1.54, 1.807) is 0 Å². The molecule has 1 saturated heterocycles. The van der Waals surface area contributed by atoms with Gasteiger partial charge in [-0.3, -0.25) is 0 Å². The summed E-state index contributed by atoms with van der Waals surface area (Å²) in [5.41, 5.74) is 0. The van der Waals surface area contributed by atoms with E-state index < -0.39 is 0 Å². The Morgan fingerprint density at radius 2 is 1.62 bits per heavy atom. The van der Waals surface area contributed by atoms with Crippen LogP contribution in [0.4, 0.5) is 0 Å². The highest BCUT2D eigenvalue weighted by Crippen LogP contribution is 1.90. The molecule has 0 aromatic heterocycles. The molecule has 0 aliphatic carbocycles. The number of nitrogens with one attached hydrogen (secondary N) is 2. The van der Waals surface area contributed by atoms with Gasteiger partial charge < -0.3 is 10.6 Å². The van der Waals surface area contributed by atoms with Crippen molar-refractivity contribution >= 4 is 0 Å². The monoisotopic (exact) mass is 114 g/mol. The summed E-state index contributed by atoms with van der Waals surface area (Å²) in [6.45, 7) is 6.86. The average Bonchev–Trinajstić information content (AvgIpc) is 1.94. The van der Waals surface area contributed by atoms with Crippen molar-refractivity contribution in [1.29, 1.82) is 0 Å². The predicted molar refractivity (Wildman–Crippen MR) is 34.9 cm³/mol. The SMILES string of the molecule is CC1CNCCNC1. The zero-order chi connectivity index (χ0) is 5.82. The van der Waals surface area contributed by atoms with Crippen LogP contribution < -0.4 is 10.6 Å². The first-order chi connectivity index (χ1) is 3.89. The molecule has 0 amide bonds. The van der Waals surface area contributed by atoms with Gasteiger partial charge in [0, 0.05) is 13.1 Å². The first kappa shape index (κ1) is 6.05. The molecule has 0 unspecified atom stereocenters. The van der Waals surface area contributed by atoms with E-state index in [0.29, 0.717) is 0 Å². The second-order valence-electron chi connectivity index (χ2n) is 2.51. The molecule has 2 N–H and O–H groups in total. The van der Waals surface area contributed by atoms with E-state index >= 15 is 0 Å². The Morgan fingerprint density at radius 1 is 1.12 bits per heavy atom. The molecule has 48 valence electrons. The van der Waals surface area contributed by atoms with Crippen molar-refractivity contribution in [3.63, 3.8) is 0 Å². The largest absolute Gasteiger partial charge is 0.315 e. The zero-order valence-electron chi connectivity index (χ0n) is 5.41. The molecule has 1 aliphatic rings. The highest BCUT2D eigenvalue weighted by molar-refractivity contribution is 4.65. The van der Waals surface area contributed by atoms with Crippen LogP contribution in [0.1, 0.15) is 6.92 Å². The number of hydrogen-bond acceptors (Lipinski definition) is 2. The third-order valence-electron chi connectivity index (χ3n) is 1.46. The van der Waals surface area contributed by atoms with Gasteiger partial charge in [0.05, 0.1) is 0 Å². The minimum absolute atomic E-state index is 0.803. The Bertz CT molecular complexity index is 55.5. The smallest absolute Gasteiger partial charge is 0.00768 e. The summed E-state index contributed by atoms with van der Waals surface area (Å²) in [5.74, 6) is 0.803. The maximum absolute atomic E-state index is 3.33. The molecule has 0 spiro atoms. The Hall–Kier alpha value is -0.0800. The zero-order valence-corrected chi connectivity index (χ0v) is 5.41. The number of hydrogen-bond donors (Lipinski definition) is 2. The summed E-state index contributed by atoms with van der Waals surface area (Å²) < 4.78 is 0. The summed E-state index contributed by atoms with van der Waals surface area (Å²) in [5, 5.41) is 6.67. The molecule has 0 saturated carbocycles. The third-order valence-corrected chi connectivity index (χ3v) is 1.46. The molecule has 0 atom stereocenters.